The van der Waals surface area contributed by atoms with E-state index in [1.54, 1.807) is 18.2 Å². The largest absolute Gasteiger partial charge is 0.465 e. The van der Waals surface area contributed by atoms with E-state index >= 15 is 0 Å². The molecule has 7 nitrogen and oxygen atoms in total. The van der Waals surface area contributed by atoms with Crippen LogP contribution in [0.2, 0.25) is 0 Å². The number of hydrogen-bond donors (Lipinski definition) is 2. The summed E-state index contributed by atoms with van der Waals surface area (Å²) in [5.74, 6) is 0. The fourth-order valence-electron chi connectivity index (χ4n) is 3.23. The van der Waals surface area contributed by atoms with E-state index in [0.717, 1.165) is 4.90 Å². The van der Waals surface area contributed by atoms with Gasteiger partial charge in [-0.3, -0.25) is 0 Å². The molecule has 2 heterocycles. The van der Waals surface area contributed by atoms with Crippen molar-refractivity contribution in [2.45, 2.75) is 29.5 Å². The Labute approximate surface area is 122 Å². The van der Waals surface area contributed by atoms with Gasteiger partial charge >= 0.3 is 6.09 Å². The summed E-state index contributed by atoms with van der Waals surface area (Å²) < 4.78 is 26.5. The lowest BCUT2D eigenvalue weighted by Crippen LogP contribution is -2.44. The van der Waals surface area contributed by atoms with Gasteiger partial charge in [0.25, 0.3) is 0 Å². The molecular formula is C13H16N2O5S. The summed E-state index contributed by atoms with van der Waals surface area (Å²) in [6.45, 7) is 0.166. The van der Waals surface area contributed by atoms with Gasteiger partial charge in [0.2, 0.25) is 10.0 Å². The van der Waals surface area contributed by atoms with Gasteiger partial charge in [0, 0.05) is 13.1 Å². The molecule has 3 atom stereocenters. The highest BCUT2D eigenvalue weighted by Gasteiger charge is 2.53. The average molecular weight is 312 g/mol. The highest BCUT2D eigenvalue weighted by atomic mass is 32.2. The maximum Gasteiger partial charge on any atom is 0.407 e. The zero-order valence-electron chi connectivity index (χ0n) is 11.2. The number of amides is 1. The van der Waals surface area contributed by atoms with E-state index in [1.165, 1.54) is 16.4 Å². The van der Waals surface area contributed by atoms with E-state index in [2.05, 4.69) is 0 Å². The molecule has 2 aliphatic heterocycles. The number of nitrogens with zero attached hydrogens (tertiary/aromatic N) is 2. The lowest BCUT2D eigenvalue weighted by molar-refractivity contribution is 0.0866. The molecule has 1 aromatic rings. The molecule has 1 amide bonds. The minimum atomic E-state index is -3.72. The van der Waals surface area contributed by atoms with Crippen molar-refractivity contribution in [1.29, 1.82) is 0 Å². The second-order valence-corrected chi connectivity index (χ2v) is 7.17. The van der Waals surface area contributed by atoms with Crippen molar-refractivity contribution in [3.8, 4) is 0 Å². The third-order valence-electron chi connectivity index (χ3n) is 4.15. The van der Waals surface area contributed by atoms with Gasteiger partial charge in [-0.1, -0.05) is 18.2 Å². The third-order valence-corrected chi connectivity index (χ3v) is 6.05. The quantitative estimate of drug-likeness (QED) is 0.811. The Morgan fingerprint density at radius 2 is 1.90 bits per heavy atom. The molecular weight excluding hydrogens is 296 g/mol. The second kappa shape index (κ2) is 4.97. The predicted molar refractivity (Wildman–Crippen MR) is 73.3 cm³/mol. The molecule has 0 unspecified atom stereocenters. The highest BCUT2D eigenvalue weighted by Crippen LogP contribution is 2.35. The van der Waals surface area contributed by atoms with Crippen LogP contribution in [-0.4, -0.2) is 65.2 Å². The normalized spacial score (nSPS) is 29.6. The van der Waals surface area contributed by atoms with E-state index in [0.29, 0.717) is 6.42 Å². The van der Waals surface area contributed by atoms with Crippen LogP contribution in [-0.2, 0) is 10.0 Å². The lowest BCUT2D eigenvalue weighted by atomic mass is 10.1. The monoisotopic (exact) mass is 312 g/mol. The van der Waals surface area contributed by atoms with Crippen LogP contribution in [0, 0.1) is 0 Å². The summed E-state index contributed by atoms with van der Waals surface area (Å²) in [7, 11) is -3.72. The van der Waals surface area contributed by atoms with Crippen molar-refractivity contribution in [2.24, 2.45) is 0 Å². The number of likely N-dealkylation sites (tertiary alicyclic amines) is 1. The van der Waals surface area contributed by atoms with Gasteiger partial charge in [0.15, 0.2) is 0 Å². The Morgan fingerprint density at radius 1 is 1.24 bits per heavy atom. The topological polar surface area (TPSA) is 98.1 Å². The van der Waals surface area contributed by atoms with Gasteiger partial charge in [-0.25, -0.2) is 13.2 Å². The zero-order valence-corrected chi connectivity index (χ0v) is 12.0. The smallest absolute Gasteiger partial charge is 0.407 e. The SMILES string of the molecule is O=C(O)N1CC[C@@H]2[C@H]1[C@@H](O)CN2S(=O)(=O)c1ccccc1. The van der Waals surface area contributed by atoms with Gasteiger partial charge in [-0.2, -0.15) is 4.31 Å². The number of sulfonamides is 1. The molecule has 0 aliphatic carbocycles. The number of hydrogen-bond acceptors (Lipinski definition) is 4. The first-order valence-electron chi connectivity index (χ1n) is 6.67. The Kier molecular flexibility index (Phi) is 3.39. The number of rotatable bonds is 2. The molecule has 2 aliphatic rings. The van der Waals surface area contributed by atoms with Crippen LogP contribution in [0.3, 0.4) is 0 Å². The number of benzene rings is 1. The average Bonchev–Trinajstić information content (AvgIpc) is 3.02. The van der Waals surface area contributed by atoms with Crippen LogP contribution < -0.4 is 0 Å². The standard InChI is InChI=1S/C13H16N2O5S/c16-11-8-15(10-6-7-14(12(10)11)13(17)18)21(19,20)9-4-2-1-3-5-9/h1-5,10-12,16H,6-8H2,(H,17,18)/t10-,11+,12+/m1/s1. The van der Waals surface area contributed by atoms with Gasteiger partial charge in [0.1, 0.15) is 0 Å². The fraction of sp³-hybridized carbons (Fsp3) is 0.462. The molecule has 1 aromatic carbocycles. The molecule has 3 rings (SSSR count). The second-order valence-electron chi connectivity index (χ2n) is 5.28. The maximum absolute atomic E-state index is 12.6. The minimum Gasteiger partial charge on any atom is -0.465 e. The molecule has 8 heteroatoms. The summed E-state index contributed by atoms with van der Waals surface area (Å²) in [6.07, 6.45) is -1.72. The molecule has 0 saturated carbocycles. The molecule has 21 heavy (non-hydrogen) atoms. The molecule has 0 bridgehead atoms. The Hall–Kier alpha value is -1.64. The molecule has 2 saturated heterocycles. The maximum atomic E-state index is 12.6. The molecule has 0 spiro atoms. The number of carbonyl (C=O) groups is 1. The first-order chi connectivity index (χ1) is 9.93. The van der Waals surface area contributed by atoms with E-state index in [9.17, 15) is 18.3 Å². The summed E-state index contributed by atoms with van der Waals surface area (Å²) >= 11 is 0. The molecule has 0 aromatic heterocycles. The van der Waals surface area contributed by atoms with Crippen LogP contribution in [0.25, 0.3) is 0 Å². The van der Waals surface area contributed by atoms with E-state index < -0.39 is 34.3 Å². The summed E-state index contributed by atoms with van der Waals surface area (Å²) in [5.41, 5.74) is 0. The van der Waals surface area contributed by atoms with E-state index in [1.807, 2.05) is 0 Å². The van der Waals surface area contributed by atoms with Crippen molar-refractivity contribution in [3.05, 3.63) is 30.3 Å². The number of β-amino-alcohol motifs (C(OH)–C–C–N with tert-alkyl or cyclic N) is 1. The number of fused-ring (bicyclic) bond motifs is 1. The number of carboxylic acid groups (broad SMARTS) is 1. The van der Waals surface area contributed by atoms with E-state index in [4.69, 9.17) is 5.11 Å². The van der Waals surface area contributed by atoms with Gasteiger partial charge in [-0.05, 0) is 18.6 Å². The number of aliphatic hydroxyl groups is 1. The van der Waals surface area contributed by atoms with Crippen molar-refractivity contribution >= 4 is 16.1 Å². The Balaban J connectivity index is 1.94. The molecule has 0 radical (unpaired) electrons. The lowest BCUT2D eigenvalue weighted by Gasteiger charge is -2.24. The van der Waals surface area contributed by atoms with Crippen molar-refractivity contribution in [1.82, 2.24) is 9.21 Å². The van der Waals surface area contributed by atoms with Gasteiger partial charge in [0.05, 0.1) is 23.1 Å². The molecule has 2 N–H and O–H groups in total. The van der Waals surface area contributed by atoms with E-state index in [-0.39, 0.29) is 18.0 Å². The van der Waals surface area contributed by atoms with Crippen molar-refractivity contribution in [2.75, 3.05) is 13.1 Å². The Bertz CT molecular complexity index is 648. The van der Waals surface area contributed by atoms with Crippen LogP contribution >= 0.6 is 0 Å². The predicted octanol–water partition coefficient (Wildman–Crippen LogP) is 0.173. The minimum absolute atomic E-state index is 0.0731. The fourth-order valence-corrected chi connectivity index (χ4v) is 4.94. The zero-order chi connectivity index (χ0) is 15.2. The highest BCUT2D eigenvalue weighted by molar-refractivity contribution is 7.89. The first-order valence-corrected chi connectivity index (χ1v) is 8.11. The van der Waals surface area contributed by atoms with Crippen molar-refractivity contribution < 1.29 is 23.4 Å². The molecule has 2 fully saturated rings. The summed E-state index contributed by atoms with van der Waals surface area (Å²) in [6, 6.07) is 6.81. The van der Waals surface area contributed by atoms with Crippen LogP contribution in [0.4, 0.5) is 4.79 Å². The van der Waals surface area contributed by atoms with Crippen LogP contribution in [0.1, 0.15) is 6.42 Å². The molecule has 114 valence electrons. The Morgan fingerprint density at radius 3 is 2.52 bits per heavy atom. The number of aliphatic hydroxyl groups excluding tert-OH is 1. The summed E-state index contributed by atoms with van der Waals surface area (Å²) in [4.78, 5) is 12.5. The van der Waals surface area contributed by atoms with Crippen LogP contribution in [0.5, 0.6) is 0 Å². The van der Waals surface area contributed by atoms with Crippen molar-refractivity contribution in [3.63, 3.8) is 0 Å². The van der Waals surface area contributed by atoms with Crippen LogP contribution in [0.15, 0.2) is 35.2 Å². The van der Waals surface area contributed by atoms with Gasteiger partial charge < -0.3 is 15.1 Å². The summed E-state index contributed by atoms with van der Waals surface area (Å²) in [5, 5.41) is 19.2. The third kappa shape index (κ3) is 2.19. The van der Waals surface area contributed by atoms with Gasteiger partial charge in [-0.15, -0.1) is 0 Å². The first kappa shape index (κ1) is 14.3.